The maximum Gasteiger partial charge on any atom is 0.0983 e. The predicted molar refractivity (Wildman–Crippen MR) is 44.1 cm³/mol. The Morgan fingerprint density at radius 1 is 1.45 bits per heavy atom. The normalized spacial score (nSPS) is 36.0. The fourth-order valence-electron chi connectivity index (χ4n) is 1.16. The molecule has 0 saturated heterocycles. The van der Waals surface area contributed by atoms with Crippen molar-refractivity contribution in [3.8, 4) is 0 Å². The maximum atomic E-state index is 9.24. The van der Waals surface area contributed by atoms with Crippen LogP contribution in [0.4, 0.5) is 0 Å². The molecule has 2 N–H and O–H groups in total. The van der Waals surface area contributed by atoms with E-state index in [1.165, 1.54) is 0 Å². The number of aliphatic hydroxyl groups is 2. The molecular weight excluding hydrogens is 140 g/mol. The molecular formula is C9H14O2. The third kappa shape index (κ3) is 2.48. The van der Waals surface area contributed by atoms with Crippen LogP contribution in [-0.4, -0.2) is 22.4 Å². The summed E-state index contributed by atoms with van der Waals surface area (Å²) in [4.78, 5) is 0. The Morgan fingerprint density at radius 3 is 2.91 bits per heavy atom. The number of rotatable bonds is 0. The van der Waals surface area contributed by atoms with Gasteiger partial charge in [0.1, 0.15) is 0 Å². The molecule has 0 bridgehead atoms. The second kappa shape index (κ2) is 3.69. The number of aliphatic hydroxyl groups excluding tert-OH is 2. The lowest BCUT2D eigenvalue weighted by atomic mass is 9.99. The van der Waals surface area contributed by atoms with Gasteiger partial charge in [-0.05, 0) is 19.3 Å². The van der Waals surface area contributed by atoms with Gasteiger partial charge in [0.25, 0.3) is 0 Å². The quantitative estimate of drug-likeness (QED) is 0.546. The van der Waals surface area contributed by atoms with E-state index < -0.39 is 12.2 Å². The number of hydrogen-bond acceptors (Lipinski definition) is 2. The molecule has 1 aliphatic carbocycles. The molecule has 2 nitrogen and oxygen atoms in total. The van der Waals surface area contributed by atoms with Crippen LogP contribution in [0.1, 0.15) is 19.3 Å². The van der Waals surface area contributed by atoms with Gasteiger partial charge in [0.15, 0.2) is 0 Å². The van der Waals surface area contributed by atoms with Crippen molar-refractivity contribution in [2.45, 2.75) is 31.5 Å². The molecule has 2 heteroatoms. The van der Waals surface area contributed by atoms with Crippen LogP contribution in [0.25, 0.3) is 0 Å². The molecule has 0 radical (unpaired) electrons. The summed E-state index contributed by atoms with van der Waals surface area (Å²) < 4.78 is 0. The molecule has 1 rings (SSSR count). The molecule has 0 aromatic rings. The minimum absolute atomic E-state index is 0.598. The molecule has 0 spiro atoms. The van der Waals surface area contributed by atoms with Gasteiger partial charge in [-0.3, -0.25) is 0 Å². The number of hydrogen-bond donors (Lipinski definition) is 2. The second-order valence-corrected chi connectivity index (χ2v) is 2.97. The zero-order chi connectivity index (χ0) is 8.27. The molecule has 0 heterocycles. The largest absolute Gasteiger partial charge is 0.390 e. The van der Waals surface area contributed by atoms with E-state index in [2.05, 4.69) is 6.58 Å². The summed E-state index contributed by atoms with van der Waals surface area (Å²) >= 11 is 0. The Hall–Kier alpha value is -0.600. The molecule has 2 atom stereocenters. The first kappa shape index (κ1) is 8.50. The monoisotopic (exact) mass is 154 g/mol. The maximum absolute atomic E-state index is 9.24. The van der Waals surface area contributed by atoms with Gasteiger partial charge in [0.2, 0.25) is 0 Å². The topological polar surface area (TPSA) is 40.5 Å². The summed E-state index contributed by atoms with van der Waals surface area (Å²) in [5.74, 6) is 0. The van der Waals surface area contributed by atoms with Crippen LogP contribution in [0.15, 0.2) is 24.3 Å². The SMILES string of the molecule is C=C1/C=C\C(O)C(O)CCC1. The fourth-order valence-corrected chi connectivity index (χ4v) is 1.16. The Balaban J connectivity index is 2.60. The van der Waals surface area contributed by atoms with Crippen molar-refractivity contribution in [1.29, 1.82) is 0 Å². The third-order valence-electron chi connectivity index (χ3n) is 1.92. The van der Waals surface area contributed by atoms with E-state index in [-0.39, 0.29) is 0 Å². The first-order chi connectivity index (χ1) is 5.20. The van der Waals surface area contributed by atoms with Crippen LogP contribution >= 0.6 is 0 Å². The van der Waals surface area contributed by atoms with Crippen molar-refractivity contribution in [1.82, 2.24) is 0 Å². The van der Waals surface area contributed by atoms with Gasteiger partial charge in [-0.25, -0.2) is 0 Å². The van der Waals surface area contributed by atoms with Crippen molar-refractivity contribution in [3.63, 3.8) is 0 Å². The van der Waals surface area contributed by atoms with E-state index in [1.54, 1.807) is 12.2 Å². The lowest BCUT2D eigenvalue weighted by Gasteiger charge is -2.16. The van der Waals surface area contributed by atoms with Crippen molar-refractivity contribution in [2.75, 3.05) is 0 Å². The number of allylic oxidation sites excluding steroid dienone is 2. The average molecular weight is 154 g/mol. The van der Waals surface area contributed by atoms with Crippen LogP contribution in [-0.2, 0) is 0 Å². The molecule has 0 aliphatic heterocycles. The zero-order valence-electron chi connectivity index (χ0n) is 6.53. The molecule has 0 aromatic carbocycles. The van der Waals surface area contributed by atoms with E-state index in [9.17, 15) is 10.2 Å². The van der Waals surface area contributed by atoms with E-state index in [0.717, 1.165) is 18.4 Å². The molecule has 0 aromatic heterocycles. The standard InChI is InChI=1S/C9H14O2/c1-7-3-2-4-8(10)9(11)6-5-7/h5-6,8-11H,1-4H2/b6-5-. The van der Waals surface area contributed by atoms with Crippen LogP contribution in [0.5, 0.6) is 0 Å². The minimum atomic E-state index is -0.716. The highest BCUT2D eigenvalue weighted by molar-refractivity contribution is 5.17. The Bertz CT molecular complexity index is 172. The van der Waals surface area contributed by atoms with Gasteiger partial charge in [0.05, 0.1) is 12.2 Å². The Labute approximate surface area is 66.9 Å². The van der Waals surface area contributed by atoms with E-state index >= 15 is 0 Å². The lowest BCUT2D eigenvalue weighted by Crippen LogP contribution is -2.24. The summed E-state index contributed by atoms with van der Waals surface area (Å²) in [6.07, 6.45) is 4.55. The highest BCUT2D eigenvalue weighted by Gasteiger charge is 2.14. The smallest absolute Gasteiger partial charge is 0.0983 e. The van der Waals surface area contributed by atoms with E-state index in [1.807, 2.05) is 0 Å². The fraction of sp³-hybridized carbons (Fsp3) is 0.556. The molecule has 0 fully saturated rings. The van der Waals surface area contributed by atoms with Gasteiger partial charge in [-0.1, -0.05) is 24.3 Å². The van der Waals surface area contributed by atoms with Crippen LogP contribution in [0, 0.1) is 0 Å². The van der Waals surface area contributed by atoms with Gasteiger partial charge in [-0.2, -0.15) is 0 Å². The molecule has 62 valence electrons. The highest BCUT2D eigenvalue weighted by atomic mass is 16.3. The molecule has 11 heavy (non-hydrogen) atoms. The van der Waals surface area contributed by atoms with Crippen molar-refractivity contribution >= 4 is 0 Å². The Morgan fingerprint density at radius 2 is 2.18 bits per heavy atom. The van der Waals surface area contributed by atoms with Gasteiger partial charge in [0, 0.05) is 0 Å². The summed E-state index contributed by atoms with van der Waals surface area (Å²) in [7, 11) is 0. The molecule has 0 saturated carbocycles. The van der Waals surface area contributed by atoms with Crippen LogP contribution in [0.2, 0.25) is 0 Å². The first-order valence-corrected chi connectivity index (χ1v) is 3.92. The molecule has 0 amide bonds. The average Bonchev–Trinajstić information content (AvgIpc) is 1.98. The first-order valence-electron chi connectivity index (χ1n) is 3.92. The summed E-state index contributed by atoms with van der Waals surface area (Å²) in [5, 5.41) is 18.5. The van der Waals surface area contributed by atoms with E-state index in [4.69, 9.17) is 0 Å². The summed E-state index contributed by atoms with van der Waals surface area (Å²) in [6.45, 7) is 3.80. The van der Waals surface area contributed by atoms with Crippen molar-refractivity contribution in [3.05, 3.63) is 24.3 Å². The molecule has 1 aliphatic rings. The van der Waals surface area contributed by atoms with Crippen molar-refractivity contribution in [2.24, 2.45) is 0 Å². The Kier molecular flexibility index (Phi) is 2.85. The van der Waals surface area contributed by atoms with Crippen LogP contribution in [0.3, 0.4) is 0 Å². The predicted octanol–water partition coefficient (Wildman–Crippen LogP) is 1.00. The van der Waals surface area contributed by atoms with Gasteiger partial charge >= 0.3 is 0 Å². The lowest BCUT2D eigenvalue weighted by molar-refractivity contribution is 0.0411. The van der Waals surface area contributed by atoms with Gasteiger partial charge in [-0.15, -0.1) is 0 Å². The minimum Gasteiger partial charge on any atom is -0.390 e. The highest BCUT2D eigenvalue weighted by Crippen LogP contribution is 2.15. The molecule has 2 unspecified atom stereocenters. The summed E-state index contributed by atoms with van der Waals surface area (Å²) in [6, 6.07) is 0. The second-order valence-electron chi connectivity index (χ2n) is 2.97. The third-order valence-corrected chi connectivity index (χ3v) is 1.92. The zero-order valence-corrected chi connectivity index (χ0v) is 6.53. The van der Waals surface area contributed by atoms with E-state index in [0.29, 0.717) is 6.42 Å². The van der Waals surface area contributed by atoms with Gasteiger partial charge < -0.3 is 10.2 Å². The van der Waals surface area contributed by atoms with Crippen molar-refractivity contribution < 1.29 is 10.2 Å². The summed E-state index contributed by atoms with van der Waals surface area (Å²) in [5.41, 5.74) is 1.02. The van der Waals surface area contributed by atoms with Crippen LogP contribution < -0.4 is 0 Å².